The molecule has 0 heterocycles. The van der Waals surface area contributed by atoms with Crippen LogP contribution in [0.2, 0.25) is 0 Å². The van der Waals surface area contributed by atoms with E-state index in [1.807, 2.05) is 27.7 Å². The van der Waals surface area contributed by atoms with Gasteiger partial charge in [0.2, 0.25) is 17.7 Å². The average molecular weight is 549 g/mol. The van der Waals surface area contributed by atoms with Crippen molar-refractivity contribution in [1.82, 2.24) is 15.5 Å². The minimum Gasteiger partial charge on any atom is -0.508 e. The molecular formula is C29H48N4O6. The van der Waals surface area contributed by atoms with Gasteiger partial charge in [0.1, 0.15) is 23.4 Å². The predicted octanol–water partition coefficient (Wildman–Crippen LogP) is 4.16. The van der Waals surface area contributed by atoms with Gasteiger partial charge >= 0.3 is 6.09 Å². The molecule has 0 bridgehead atoms. The van der Waals surface area contributed by atoms with Crippen molar-refractivity contribution in [3.63, 3.8) is 0 Å². The van der Waals surface area contributed by atoms with E-state index in [9.17, 15) is 24.3 Å². The summed E-state index contributed by atoms with van der Waals surface area (Å²) in [4.78, 5) is 53.8. The van der Waals surface area contributed by atoms with Crippen LogP contribution < -0.4 is 16.4 Å². The highest BCUT2D eigenvalue weighted by atomic mass is 16.6. The third-order valence-electron chi connectivity index (χ3n) is 5.77. The molecule has 0 aliphatic heterocycles. The minimum absolute atomic E-state index is 0.0551. The third-order valence-corrected chi connectivity index (χ3v) is 5.77. The van der Waals surface area contributed by atoms with Crippen LogP contribution in [0.25, 0.3) is 0 Å². The molecule has 0 aromatic heterocycles. The van der Waals surface area contributed by atoms with Gasteiger partial charge in [0, 0.05) is 18.0 Å². The quantitative estimate of drug-likeness (QED) is 0.308. The summed E-state index contributed by atoms with van der Waals surface area (Å²) in [6.45, 7) is 16.6. The van der Waals surface area contributed by atoms with Gasteiger partial charge in [0.15, 0.2) is 0 Å². The average Bonchev–Trinajstić information content (AvgIpc) is 2.75. The number of carbonyl (C=O) groups excluding carboxylic acids is 4. The number of primary amides is 1. The van der Waals surface area contributed by atoms with Gasteiger partial charge in [-0.15, -0.1) is 0 Å². The zero-order chi connectivity index (χ0) is 30.1. The maximum Gasteiger partial charge on any atom is 0.408 e. The largest absolute Gasteiger partial charge is 0.508 e. The first-order valence-corrected chi connectivity index (χ1v) is 13.5. The molecule has 10 heteroatoms. The lowest BCUT2D eigenvalue weighted by atomic mass is 9.95. The summed E-state index contributed by atoms with van der Waals surface area (Å²) in [7, 11) is 0. The van der Waals surface area contributed by atoms with Gasteiger partial charge in [-0.1, -0.05) is 26.0 Å². The summed E-state index contributed by atoms with van der Waals surface area (Å²) in [5, 5.41) is 15.8. The van der Waals surface area contributed by atoms with E-state index in [4.69, 9.17) is 10.5 Å². The first-order valence-electron chi connectivity index (χ1n) is 13.5. The number of benzene rings is 1. The van der Waals surface area contributed by atoms with E-state index in [0.717, 1.165) is 6.42 Å². The molecule has 220 valence electrons. The van der Waals surface area contributed by atoms with Crippen molar-refractivity contribution < 1.29 is 29.0 Å². The van der Waals surface area contributed by atoms with Gasteiger partial charge in [0.25, 0.3) is 0 Å². The molecule has 4 amide bonds. The topological polar surface area (TPSA) is 151 Å². The standard InChI is InChI=1S/C29H48N4O6/c1-18(2)13-14-19(3)33(24(25(36)32-28(4,5)6)20-11-10-12-21(34)17-20)26(37)22(15-16-23(30)35)31-27(38)39-29(7,8)9/h10-12,17-19,22,24,34H,13-16H2,1-9H3,(H2,30,35)(H,31,38)(H,32,36). The van der Waals surface area contributed by atoms with Crippen molar-refractivity contribution in [2.24, 2.45) is 11.7 Å². The number of hydrogen-bond acceptors (Lipinski definition) is 6. The zero-order valence-corrected chi connectivity index (χ0v) is 25.0. The van der Waals surface area contributed by atoms with Crippen LogP contribution in [0.5, 0.6) is 5.75 Å². The van der Waals surface area contributed by atoms with E-state index in [0.29, 0.717) is 17.9 Å². The van der Waals surface area contributed by atoms with Crippen LogP contribution in [0.3, 0.4) is 0 Å². The molecule has 0 aliphatic rings. The van der Waals surface area contributed by atoms with Crippen LogP contribution in [-0.2, 0) is 19.1 Å². The molecule has 3 unspecified atom stereocenters. The molecule has 0 radical (unpaired) electrons. The second kappa shape index (κ2) is 14.2. The zero-order valence-electron chi connectivity index (χ0n) is 25.0. The van der Waals surface area contributed by atoms with E-state index in [1.54, 1.807) is 32.9 Å². The maximum absolute atomic E-state index is 14.3. The van der Waals surface area contributed by atoms with Crippen LogP contribution in [0.4, 0.5) is 4.79 Å². The molecule has 0 saturated heterocycles. The fraction of sp³-hybridized carbons (Fsp3) is 0.655. The second-order valence-corrected chi connectivity index (χ2v) is 12.5. The van der Waals surface area contributed by atoms with Crippen molar-refractivity contribution in [1.29, 1.82) is 0 Å². The number of nitrogens with one attached hydrogen (secondary N) is 2. The number of hydrogen-bond donors (Lipinski definition) is 4. The molecule has 1 aromatic carbocycles. The molecular weight excluding hydrogens is 500 g/mol. The number of nitrogens with two attached hydrogens (primary N) is 1. The van der Waals surface area contributed by atoms with Gasteiger partial charge < -0.3 is 31.1 Å². The van der Waals surface area contributed by atoms with Crippen LogP contribution >= 0.6 is 0 Å². The third kappa shape index (κ3) is 12.4. The van der Waals surface area contributed by atoms with Crippen molar-refractivity contribution in [2.45, 2.75) is 117 Å². The Hall–Kier alpha value is -3.30. The monoisotopic (exact) mass is 548 g/mol. The van der Waals surface area contributed by atoms with E-state index < -0.39 is 53.1 Å². The molecule has 39 heavy (non-hydrogen) atoms. The lowest BCUT2D eigenvalue weighted by Crippen LogP contribution is -2.57. The second-order valence-electron chi connectivity index (χ2n) is 12.5. The Kier molecular flexibility index (Phi) is 12.3. The first kappa shape index (κ1) is 33.7. The van der Waals surface area contributed by atoms with Gasteiger partial charge in [-0.05, 0) is 91.3 Å². The van der Waals surface area contributed by atoms with Gasteiger partial charge in [-0.25, -0.2) is 4.79 Å². The van der Waals surface area contributed by atoms with Crippen molar-refractivity contribution >= 4 is 23.8 Å². The molecule has 0 spiro atoms. The van der Waals surface area contributed by atoms with Gasteiger partial charge in [0.05, 0.1) is 0 Å². The van der Waals surface area contributed by atoms with Crippen molar-refractivity contribution in [3.05, 3.63) is 29.8 Å². The van der Waals surface area contributed by atoms with E-state index in [2.05, 4.69) is 24.5 Å². The molecule has 10 nitrogen and oxygen atoms in total. The Labute approximate surface area is 233 Å². The SMILES string of the molecule is CC(C)CCC(C)N(C(=O)C(CCC(N)=O)NC(=O)OC(C)(C)C)C(C(=O)NC(C)(C)C)c1cccc(O)c1. The number of ether oxygens (including phenoxy) is 1. The smallest absolute Gasteiger partial charge is 0.408 e. The summed E-state index contributed by atoms with van der Waals surface area (Å²) >= 11 is 0. The Morgan fingerprint density at radius 3 is 2.10 bits per heavy atom. The summed E-state index contributed by atoms with van der Waals surface area (Å²) in [5.74, 6) is -1.34. The number of nitrogens with zero attached hydrogens (tertiary/aromatic N) is 1. The molecule has 1 rings (SSSR count). The minimum atomic E-state index is -1.18. The summed E-state index contributed by atoms with van der Waals surface area (Å²) in [5.41, 5.74) is 4.36. The lowest BCUT2D eigenvalue weighted by molar-refractivity contribution is -0.146. The summed E-state index contributed by atoms with van der Waals surface area (Å²) < 4.78 is 5.37. The maximum atomic E-state index is 14.3. The van der Waals surface area contributed by atoms with E-state index in [-0.39, 0.29) is 18.6 Å². The summed E-state index contributed by atoms with van der Waals surface area (Å²) in [6, 6.07) is 3.46. The Morgan fingerprint density at radius 2 is 1.62 bits per heavy atom. The van der Waals surface area contributed by atoms with Crippen molar-refractivity contribution in [3.8, 4) is 5.75 Å². The Morgan fingerprint density at radius 1 is 1.00 bits per heavy atom. The lowest BCUT2D eigenvalue weighted by Gasteiger charge is -2.39. The van der Waals surface area contributed by atoms with E-state index >= 15 is 0 Å². The Balaban J connectivity index is 3.67. The van der Waals surface area contributed by atoms with Crippen molar-refractivity contribution in [2.75, 3.05) is 0 Å². The summed E-state index contributed by atoms with van der Waals surface area (Å²) in [6.07, 6.45) is 0.300. The van der Waals surface area contributed by atoms with E-state index in [1.165, 1.54) is 17.0 Å². The van der Waals surface area contributed by atoms with Crippen LogP contribution in [0.1, 0.15) is 99.6 Å². The first-order chi connectivity index (χ1) is 17.8. The van der Waals surface area contributed by atoms with Crippen LogP contribution in [0.15, 0.2) is 24.3 Å². The molecule has 3 atom stereocenters. The Bertz CT molecular complexity index is 996. The molecule has 1 aromatic rings. The molecule has 0 saturated carbocycles. The number of carbonyl (C=O) groups is 4. The number of alkyl carbamates (subject to hydrolysis) is 1. The van der Waals surface area contributed by atoms with Gasteiger partial charge in [-0.2, -0.15) is 0 Å². The van der Waals surface area contributed by atoms with Crippen LogP contribution in [0, 0.1) is 5.92 Å². The number of phenols is 1. The van der Waals surface area contributed by atoms with Crippen LogP contribution in [-0.4, -0.2) is 57.0 Å². The normalized spacial score (nSPS) is 14.2. The fourth-order valence-electron chi connectivity index (χ4n) is 4.06. The predicted molar refractivity (Wildman–Crippen MR) is 151 cm³/mol. The number of rotatable bonds is 12. The highest BCUT2D eigenvalue weighted by molar-refractivity contribution is 5.93. The number of phenolic OH excluding ortho intramolecular Hbond substituents is 1. The highest BCUT2D eigenvalue weighted by Gasteiger charge is 2.39. The number of aromatic hydroxyl groups is 1. The highest BCUT2D eigenvalue weighted by Crippen LogP contribution is 2.30. The van der Waals surface area contributed by atoms with Gasteiger partial charge in [-0.3, -0.25) is 14.4 Å². The fourth-order valence-corrected chi connectivity index (χ4v) is 4.06. The molecule has 0 aliphatic carbocycles. The molecule has 0 fully saturated rings. The molecule has 5 N–H and O–H groups in total. The number of amides is 4.